The minimum absolute atomic E-state index is 0.0741. The number of hydrogen-bond donors (Lipinski definition) is 2. The minimum Gasteiger partial charge on any atom is -0.383 e. The second-order valence-electron chi connectivity index (χ2n) is 6.04. The third-order valence-electron chi connectivity index (χ3n) is 4.09. The molecule has 0 aliphatic carbocycles. The number of amides is 1. The Morgan fingerprint density at radius 2 is 2.04 bits per heavy atom. The number of carbonyl (C=O) groups excluding carboxylic acids is 1. The monoisotopic (exact) mass is 370 g/mol. The topological polar surface area (TPSA) is 137 Å². The van der Waals surface area contributed by atoms with Crippen LogP contribution in [-0.2, 0) is 27.5 Å². The van der Waals surface area contributed by atoms with Crippen molar-refractivity contribution in [2.45, 2.75) is 31.5 Å². The van der Waals surface area contributed by atoms with Crippen molar-refractivity contribution in [3.05, 3.63) is 41.0 Å². The smallest absolute Gasteiger partial charge is 0.233 e. The molecule has 1 aliphatic heterocycles. The van der Waals surface area contributed by atoms with E-state index in [1.165, 1.54) is 4.90 Å². The van der Waals surface area contributed by atoms with Gasteiger partial charge in [0.25, 0.3) is 0 Å². The Morgan fingerprint density at radius 1 is 1.35 bits per heavy atom. The van der Waals surface area contributed by atoms with Crippen LogP contribution >= 0.6 is 0 Å². The molecule has 3 rings (SSSR count). The van der Waals surface area contributed by atoms with Crippen LogP contribution in [0.4, 0.5) is 11.6 Å². The van der Waals surface area contributed by atoms with E-state index in [4.69, 9.17) is 15.8 Å². The summed E-state index contributed by atoms with van der Waals surface area (Å²) in [4.78, 5) is 22.2. The average molecular weight is 370 g/mol. The van der Waals surface area contributed by atoms with Crippen molar-refractivity contribution in [3.63, 3.8) is 0 Å². The van der Waals surface area contributed by atoms with Gasteiger partial charge in [-0.05, 0) is 24.1 Å². The zero-order valence-electron chi connectivity index (χ0n) is 14.2. The van der Waals surface area contributed by atoms with Gasteiger partial charge in [0.2, 0.25) is 11.1 Å². The van der Waals surface area contributed by atoms with Crippen LogP contribution in [0.1, 0.15) is 30.0 Å². The van der Waals surface area contributed by atoms with Gasteiger partial charge in [0.1, 0.15) is 21.4 Å². The van der Waals surface area contributed by atoms with Crippen molar-refractivity contribution in [3.8, 4) is 6.07 Å². The fourth-order valence-electron chi connectivity index (χ4n) is 2.78. The van der Waals surface area contributed by atoms with Crippen molar-refractivity contribution in [1.82, 2.24) is 9.97 Å². The number of nitriles is 1. The molecule has 1 amide bonds. The first-order valence-corrected chi connectivity index (χ1v) is 9.80. The van der Waals surface area contributed by atoms with Crippen LogP contribution in [0.2, 0.25) is 0 Å². The lowest BCUT2D eigenvalue weighted by Gasteiger charge is -2.17. The summed E-state index contributed by atoms with van der Waals surface area (Å²) in [6.45, 7) is 2.08. The number of nitrogens with one attached hydrogen (secondary N) is 1. The normalized spacial score (nSPS) is 15.4. The van der Waals surface area contributed by atoms with Crippen LogP contribution in [0.15, 0.2) is 29.4 Å². The zero-order chi connectivity index (χ0) is 18.9. The average Bonchev–Trinajstić information content (AvgIpc) is 2.92. The first-order chi connectivity index (χ1) is 12.4. The van der Waals surface area contributed by atoms with Crippen LogP contribution in [-0.4, -0.2) is 25.8 Å². The SMILES string of the molecule is CCCS(=N)(=O)c1nc(N)c2c(n1)N(Cc1ccc(C#N)cc1)C(=O)C2. The number of nitrogens with two attached hydrogens (primary N) is 1. The maximum absolute atomic E-state index is 12.5. The maximum atomic E-state index is 12.5. The summed E-state index contributed by atoms with van der Waals surface area (Å²) in [5, 5.41) is 8.75. The number of benzene rings is 1. The van der Waals surface area contributed by atoms with Gasteiger partial charge in [-0.15, -0.1) is 0 Å². The molecular weight excluding hydrogens is 352 g/mol. The number of nitrogens with zero attached hydrogens (tertiary/aromatic N) is 4. The number of hydrogen-bond acceptors (Lipinski definition) is 7. The Hall–Kier alpha value is -2.99. The number of fused-ring (bicyclic) bond motifs is 1. The highest BCUT2D eigenvalue weighted by molar-refractivity contribution is 7.92. The number of aromatic nitrogens is 2. The number of rotatable bonds is 5. The third kappa shape index (κ3) is 3.23. The van der Waals surface area contributed by atoms with Crippen LogP contribution in [0, 0.1) is 16.1 Å². The Bertz CT molecular complexity index is 1010. The molecule has 1 aromatic heterocycles. The van der Waals surface area contributed by atoms with Crippen molar-refractivity contribution in [2.24, 2.45) is 0 Å². The van der Waals surface area contributed by atoms with E-state index in [2.05, 4.69) is 9.97 Å². The van der Waals surface area contributed by atoms with E-state index in [0.29, 0.717) is 23.4 Å². The van der Waals surface area contributed by atoms with E-state index in [1.54, 1.807) is 24.3 Å². The molecule has 1 atom stereocenters. The molecule has 9 heteroatoms. The van der Waals surface area contributed by atoms with Gasteiger partial charge in [0, 0.05) is 11.3 Å². The maximum Gasteiger partial charge on any atom is 0.233 e. The van der Waals surface area contributed by atoms with E-state index in [1.807, 2.05) is 13.0 Å². The quantitative estimate of drug-likeness (QED) is 0.770. The fraction of sp³-hybridized carbons (Fsp3) is 0.294. The summed E-state index contributed by atoms with van der Waals surface area (Å²) in [6, 6.07) is 8.92. The Labute approximate surface area is 151 Å². The molecular formula is C17H18N6O2S. The molecule has 134 valence electrons. The molecule has 0 fully saturated rings. The van der Waals surface area contributed by atoms with Crippen LogP contribution in [0.3, 0.4) is 0 Å². The van der Waals surface area contributed by atoms with E-state index < -0.39 is 9.73 Å². The van der Waals surface area contributed by atoms with E-state index in [0.717, 1.165) is 5.56 Å². The van der Waals surface area contributed by atoms with Crippen molar-refractivity contribution in [1.29, 1.82) is 10.0 Å². The van der Waals surface area contributed by atoms with Gasteiger partial charge >= 0.3 is 0 Å². The standard InChI is InChI=1S/C17H18N6O2S/c1-2-7-26(20,25)17-21-15(19)13-8-14(24)23(16(13)22-17)10-12-5-3-11(9-18)4-6-12/h3-6,20H,2,7-8,10H2,1H3,(H2,19,21,22). The molecule has 8 nitrogen and oxygen atoms in total. The molecule has 1 aromatic carbocycles. The molecule has 0 bridgehead atoms. The van der Waals surface area contributed by atoms with Gasteiger partial charge in [-0.2, -0.15) is 5.26 Å². The summed E-state index contributed by atoms with van der Waals surface area (Å²) < 4.78 is 20.5. The van der Waals surface area contributed by atoms with Gasteiger partial charge in [-0.25, -0.2) is 19.0 Å². The molecule has 0 saturated carbocycles. The number of nitrogen functional groups attached to an aromatic ring is 1. The lowest BCUT2D eigenvalue weighted by molar-refractivity contribution is -0.117. The lowest BCUT2D eigenvalue weighted by Crippen LogP contribution is -2.27. The summed E-state index contributed by atoms with van der Waals surface area (Å²) in [5.41, 5.74) is 7.80. The lowest BCUT2D eigenvalue weighted by atomic mass is 10.1. The van der Waals surface area contributed by atoms with Gasteiger partial charge in [0.05, 0.1) is 24.6 Å². The minimum atomic E-state index is -3.15. The summed E-state index contributed by atoms with van der Waals surface area (Å²) in [6.07, 6.45) is 0.626. The van der Waals surface area contributed by atoms with E-state index >= 15 is 0 Å². The largest absolute Gasteiger partial charge is 0.383 e. The molecule has 1 unspecified atom stereocenters. The highest BCUT2D eigenvalue weighted by Crippen LogP contribution is 2.32. The summed E-state index contributed by atoms with van der Waals surface area (Å²) >= 11 is 0. The molecule has 2 heterocycles. The van der Waals surface area contributed by atoms with Crippen molar-refractivity contribution in [2.75, 3.05) is 16.4 Å². The van der Waals surface area contributed by atoms with Gasteiger partial charge in [0.15, 0.2) is 0 Å². The second-order valence-corrected chi connectivity index (χ2v) is 8.16. The zero-order valence-corrected chi connectivity index (χ0v) is 15.0. The predicted octanol–water partition coefficient (Wildman–Crippen LogP) is 1.84. The molecule has 26 heavy (non-hydrogen) atoms. The number of carbonyl (C=O) groups is 1. The fourth-order valence-corrected chi connectivity index (χ4v) is 4.02. The van der Waals surface area contributed by atoms with Crippen molar-refractivity contribution < 1.29 is 9.00 Å². The Morgan fingerprint density at radius 3 is 2.65 bits per heavy atom. The van der Waals surface area contributed by atoms with Crippen LogP contribution in [0.5, 0.6) is 0 Å². The highest BCUT2D eigenvalue weighted by atomic mass is 32.2. The molecule has 0 saturated heterocycles. The van der Waals surface area contributed by atoms with Crippen molar-refractivity contribution >= 4 is 27.3 Å². The molecule has 0 spiro atoms. The first-order valence-electron chi connectivity index (χ1n) is 8.08. The molecule has 0 radical (unpaired) electrons. The van der Waals surface area contributed by atoms with E-state index in [-0.39, 0.29) is 35.6 Å². The Kier molecular flexibility index (Phi) is 4.61. The van der Waals surface area contributed by atoms with Gasteiger partial charge < -0.3 is 5.73 Å². The number of anilines is 2. The highest BCUT2D eigenvalue weighted by Gasteiger charge is 2.33. The second kappa shape index (κ2) is 6.72. The summed E-state index contributed by atoms with van der Waals surface area (Å²) in [5.74, 6) is 0.360. The molecule has 2 aromatic rings. The van der Waals surface area contributed by atoms with Gasteiger partial charge in [-0.3, -0.25) is 9.69 Å². The van der Waals surface area contributed by atoms with Crippen LogP contribution in [0.25, 0.3) is 0 Å². The molecule has 1 aliphatic rings. The molecule has 3 N–H and O–H groups in total. The third-order valence-corrected chi connectivity index (χ3v) is 5.85. The first kappa shape index (κ1) is 17.8. The predicted molar refractivity (Wildman–Crippen MR) is 96.8 cm³/mol. The summed E-state index contributed by atoms with van der Waals surface area (Å²) in [7, 11) is -3.15. The van der Waals surface area contributed by atoms with E-state index in [9.17, 15) is 9.00 Å². The van der Waals surface area contributed by atoms with Gasteiger partial charge in [-0.1, -0.05) is 19.1 Å². The Balaban J connectivity index is 1.99. The van der Waals surface area contributed by atoms with Crippen LogP contribution < -0.4 is 10.6 Å².